The number of nitrogens with one attached hydrogen (secondary N) is 4. The molecular weight excluding hydrogens is 1080 g/mol. The van der Waals surface area contributed by atoms with Crippen molar-refractivity contribution in [2.75, 3.05) is 45.8 Å². The van der Waals surface area contributed by atoms with Crippen LogP contribution < -0.4 is 26.8 Å². The molecule has 0 saturated heterocycles. The SMILES string of the molecule is CCCN(CCC)CCCCC(NC(=O)C(NC(=O)CCCCCn1cc(-c2cnc(S(C)(=O)=O)nc2)nn1)C(C)C)C(=O)NCC(=O)NCOC/C=C/c1c2c(nc3cc(F)c(C)cc13)-c1cc3c(c(=O)n1C2)COC(=O)[C@]3(O)CC. The number of ether oxygens (including phenoxy) is 2. The van der Waals surface area contributed by atoms with Crippen LogP contribution in [0.2, 0.25) is 0 Å². The average Bonchev–Trinajstić information content (AvgIpc) is 2.12. The standard InChI is InChI=1S/C57H75FN12O11S/c1-8-20-68(21-9-2)22-15-13-18-44(64-53(74)50(35(4)5)65-48(71)19-12-11-14-23-69-32-46(66-67-69)37-28-60-56(61-29-37)82(7,78)79)52(73)59-30-49(72)62-34-80-24-16-17-38-39-25-36(6)43(58)27-45(39)63-51-40(38)31-70-47(51)26-42-41(54(70)75)33-81-55(76)57(42,77)10-3/h16-17,25-29,32,35,44,50,77H,8-15,18-24,30-31,33-34H2,1-7H3,(H,59,73)(H,62,72)(H,64,74)(H,65,71)/b17-16+/t44?,50?,57-/m0/s1. The highest BCUT2D eigenvalue weighted by atomic mass is 32.2. The molecule has 2 aliphatic rings. The van der Waals surface area contributed by atoms with Crippen LogP contribution in [0, 0.1) is 18.7 Å². The van der Waals surface area contributed by atoms with Gasteiger partial charge in [0.2, 0.25) is 38.6 Å². The van der Waals surface area contributed by atoms with Crippen molar-refractivity contribution in [1.29, 1.82) is 0 Å². The quantitative estimate of drug-likeness (QED) is 0.0181. The van der Waals surface area contributed by atoms with E-state index < -0.39 is 69.1 Å². The van der Waals surface area contributed by atoms with E-state index in [-0.39, 0.29) is 67.4 Å². The molecule has 5 N–H and O–H groups in total. The summed E-state index contributed by atoms with van der Waals surface area (Å²) < 4.78 is 52.5. The first-order valence-electron chi connectivity index (χ1n) is 28.0. The zero-order valence-electron chi connectivity index (χ0n) is 47.7. The summed E-state index contributed by atoms with van der Waals surface area (Å²) in [6.07, 6.45) is 14.7. The van der Waals surface area contributed by atoms with E-state index in [4.69, 9.17) is 14.5 Å². The van der Waals surface area contributed by atoms with Crippen molar-refractivity contribution in [2.45, 2.75) is 148 Å². The fourth-order valence-corrected chi connectivity index (χ4v) is 10.6. The van der Waals surface area contributed by atoms with E-state index in [0.29, 0.717) is 88.9 Å². The third kappa shape index (κ3) is 15.2. The number of nitrogens with zero attached hydrogens (tertiary/aromatic N) is 8. The van der Waals surface area contributed by atoms with Crippen molar-refractivity contribution >= 4 is 56.4 Å². The number of hydrogen-bond acceptors (Lipinski definition) is 17. The molecule has 5 aromatic rings. The Labute approximate surface area is 476 Å². The van der Waals surface area contributed by atoms with Crippen molar-refractivity contribution in [3.8, 4) is 22.6 Å². The van der Waals surface area contributed by atoms with Crippen LogP contribution in [-0.4, -0.2) is 140 Å². The number of halogens is 1. The van der Waals surface area contributed by atoms with Crippen LogP contribution >= 0.6 is 0 Å². The lowest BCUT2D eigenvalue weighted by Crippen LogP contribution is -2.56. The second-order valence-corrected chi connectivity index (χ2v) is 23.1. The molecule has 0 spiro atoms. The van der Waals surface area contributed by atoms with Gasteiger partial charge in [-0.2, -0.15) is 0 Å². The van der Waals surface area contributed by atoms with Crippen molar-refractivity contribution in [2.24, 2.45) is 5.92 Å². The van der Waals surface area contributed by atoms with Crippen molar-refractivity contribution in [3.05, 3.63) is 86.9 Å². The summed E-state index contributed by atoms with van der Waals surface area (Å²) in [6, 6.07) is 2.65. The highest BCUT2D eigenvalue weighted by Crippen LogP contribution is 2.41. The molecule has 1 aromatic carbocycles. The number of aryl methyl sites for hydroxylation is 2. The van der Waals surface area contributed by atoms with E-state index in [9.17, 15) is 46.7 Å². The molecule has 0 fully saturated rings. The third-order valence-electron chi connectivity index (χ3n) is 14.6. The van der Waals surface area contributed by atoms with Crippen LogP contribution in [0.25, 0.3) is 39.6 Å². The van der Waals surface area contributed by atoms with Crippen LogP contribution in [-0.2, 0) is 68.6 Å². The van der Waals surface area contributed by atoms with Gasteiger partial charge in [0.05, 0.1) is 48.4 Å². The van der Waals surface area contributed by atoms with Gasteiger partial charge in [0, 0.05) is 59.8 Å². The van der Waals surface area contributed by atoms with Crippen molar-refractivity contribution in [3.63, 3.8) is 0 Å². The molecule has 2 aliphatic heterocycles. The summed E-state index contributed by atoms with van der Waals surface area (Å²) in [4.78, 5) is 95.5. The maximum absolute atomic E-state index is 15.0. The number of carbonyl (C=O) groups excluding carboxylic acids is 5. The predicted molar refractivity (Wildman–Crippen MR) is 302 cm³/mol. The Morgan fingerprint density at radius 3 is 2.38 bits per heavy atom. The average molecular weight is 1160 g/mol. The molecule has 0 radical (unpaired) electrons. The highest BCUT2D eigenvalue weighted by Gasteiger charge is 2.45. The van der Waals surface area contributed by atoms with Gasteiger partial charge >= 0.3 is 5.97 Å². The van der Waals surface area contributed by atoms with E-state index in [1.165, 1.54) is 23.0 Å². The van der Waals surface area contributed by atoms with Gasteiger partial charge in [-0.3, -0.25) is 28.7 Å². The van der Waals surface area contributed by atoms with E-state index in [1.807, 2.05) is 0 Å². The zero-order chi connectivity index (χ0) is 59.3. The van der Waals surface area contributed by atoms with E-state index in [0.717, 1.165) is 45.2 Å². The maximum atomic E-state index is 15.0. The number of esters is 1. The van der Waals surface area contributed by atoms with Gasteiger partial charge in [-0.15, -0.1) is 5.10 Å². The Balaban J connectivity index is 0.911. The van der Waals surface area contributed by atoms with Gasteiger partial charge in [-0.25, -0.2) is 32.6 Å². The first-order chi connectivity index (χ1) is 39.2. The predicted octanol–water partition coefficient (Wildman–Crippen LogP) is 4.38. The van der Waals surface area contributed by atoms with E-state index >= 15 is 0 Å². The largest absolute Gasteiger partial charge is 0.458 e. The van der Waals surface area contributed by atoms with Crippen LogP contribution in [0.15, 0.2) is 52.8 Å². The lowest BCUT2D eigenvalue weighted by molar-refractivity contribution is -0.172. The molecule has 7 rings (SSSR count). The molecule has 82 heavy (non-hydrogen) atoms. The molecular formula is C57H75FN12O11S. The van der Waals surface area contributed by atoms with E-state index in [2.05, 4.69) is 60.3 Å². The van der Waals surface area contributed by atoms with Gasteiger partial charge < -0.3 is 45.3 Å². The molecule has 0 aliphatic carbocycles. The van der Waals surface area contributed by atoms with Gasteiger partial charge in [-0.1, -0.05) is 58.4 Å². The number of sulfone groups is 1. The van der Waals surface area contributed by atoms with Crippen LogP contribution in [0.5, 0.6) is 0 Å². The molecule has 6 heterocycles. The molecule has 23 nitrogen and oxygen atoms in total. The number of aromatic nitrogens is 7. The number of hydrogen-bond donors (Lipinski definition) is 5. The lowest BCUT2D eigenvalue weighted by atomic mass is 9.86. The molecule has 2 unspecified atom stereocenters. The minimum Gasteiger partial charge on any atom is -0.458 e. The molecule has 0 saturated carbocycles. The number of pyridine rings is 2. The molecule has 0 bridgehead atoms. The third-order valence-corrected chi connectivity index (χ3v) is 15.5. The number of rotatable bonds is 30. The van der Waals surface area contributed by atoms with Gasteiger partial charge in [0.15, 0.2) is 5.60 Å². The fourth-order valence-electron chi connectivity index (χ4n) is 10.1. The molecule has 4 amide bonds. The fraction of sp³-hybridized carbons (Fsp3) is 0.526. The van der Waals surface area contributed by atoms with Crippen molar-refractivity contribution < 1.29 is 51.4 Å². The van der Waals surface area contributed by atoms with E-state index in [1.54, 1.807) is 62.9 Å². The summed E-state index contributed by atoms with van der Waals surface area (Å²) in [7, 11) is -3.54. The topological polar surface area (TPSA) is 301 Å². The molecule has 25 heteroatoms. The molecule has 4 aromatic heterocycles. The lowest BCUT2D eigenvalue weighted by Gasteiger charge is -2.31. The number of aliphatic hydroxyl groups is 1. The molecule has 3 atom stereocenters. The Bertz CT molecular complexity index is 3340. The second kappa shape index (κ2) is 28.1. The number of cyclic esters (lactones) is 1. The van der Waals surface area contributed by atoms with Crippen LogP contribution in [0.4, 0.5) is 4.39 Å². The second-order valence-electron chi connectivity index (χ2n) is 21.2. The number of carbonyl (C=O) groups is 5. The van der Waals surface area contributed by atoms with Gasteiger partial charge in [0.1, 0.15) is 36.9 Å². The summed E-state index contributed by atoms with van der Waals surface area (Å²) in [5, 5.41) is 30.9. The Hall–Kier alpha value is -7.35. The van der Waals surface area contributed by atoms with Crippen LogP contribution in [0.3, 0.4) is 0 Å². The first kappa shape index (κ1) is 62.3. The smallest absolute Gasteiger partial charge is 0.343 e. The monoisotopic (exact) mass is 1150 g/mol. The normalized spacial score (nSPS) is 15.5. The maximum Gasteiger partial charge on any atom is 0.343 e. The Morgan fingerprint density at radius 1 is 0.939 bits per heavy atom. The first-order valence-corrected chi connectivity index (χ1v) is 29.9. The number of fused-ring (bicyclic) bond motifs is 5. The molecule has 442 valence electrons. The number of benzene rings is 1. The summed E-state index contributed by atoms with van der Waals surface area (Å²) in [5.74, 6) is -3.57. The number of amides is 4. The summed E-state index contributed by atoms with van der Waals surface area (Å²) in [6.45, 7) is 13.6. The summed E-state index contributed by atoms with van der Waals surface area (Å²) >= 11 is 0. The van der Waals surface area contributed by atoms with Gasteiger partial charge in [-0.05, 0) is 107 Å². The van der Waals surface area contributed by atoms with Crippen LogP contribution in [0.1, 0.15) is 127 Å². The number of unbranched alkanes of at least 4 members (excludes halogenated alkanes) is 3. The Morgan fingerprint density at radius 2 is 1.68 bits per heavy atom. The minimum atomic E-state index is -3.54. The minimum absolute atomic E-state index is 0.0166. The van der Waals surface area contributed by atoms with Gasteiger partial charge in [0.25, 0.3) is 5.56 Å². The summed E-state index contributed by atoms with van der Waals surface area (Å²) in [5.41, 5.74) is 1.68. The zero-order valence-corrected chi connectivity index (χ0v) is 48.5. The Kier molecular flexibility index (Phi) is 21.3. The highest BCUT2D eigenvalue weighted by molar-refractivity contribution is 7.90. The van der Waals surface area contributed by atoms with Crippen molar-refractivity contribution in [1.82, 2.24) is 60.7 Å².